The van der Waals surface area contributed by atoms with Gasteiger partial charge in [0.2, 0.25) is 5.69 Å². The molecule has 0 saturated heterocycles. The Balaban J connectivity index is 0.00000112. The highest BCUT2D eigenvalue weighted by Gasteiger charge is 2.11. The summed E-state index contributed by atoms with van der Waals surface area (Å²) in [6.45, 7) is 6.24. The summed E-state index contributed by atoms with van der Waals surface area (Å²) in [6, 6.07) is 6.37. The summed E-state index contributed by atoms with van der Waals surface area (Å²) in [4.78, 5) is 3.36. The van der Waals surface area contributed by atoms with Crippen molar-refractivity contribution in [1.29, 1.82) is 0 Å². The van der Waals surface area contributed by atoms with E-state index in [4.69, 9.17) is 0 Å². The van der Waals surface area contributed by atoms with Gasteiger partial charge < -0.3 is 17.7 Å². The number of hydrogen-bond donors (Lipinski definition) is 2. The molecule has 0 bridgehead atoms. The van der Waals surface area contributed by atoms with Gasteiger partial charge in [-0.25, -0.2) is 4.99 Å². The van der Waals surface area contributed by atoms with E-state index in [9.17, 15) is 0 Å². The average molecular weight is 223 g/mol. The van der Waals surface area contributed by atoms with Crippen LogP contribution in [-0.2, 0) is 0 Å². The number of hydrogen-bond acceptors (Lipinski definition) is 1. The standard InChI is InChI=1S/C12H14N2.ClH/c1-8-4-5-11-12(6-8)14-10(3)7-9(2)13-11;/h4-7,14H,1-3H3;1H. The molecule has 0 amide bonds. The van der Waals surface area contributed by atoms with E-state index in [0.29, 0.717) is 0 Å². The maximum Gasteiger partial charge on any atom is 0.227 e. The molecule has 3 heteroatoms. The predicted molar refractivity (Wildman–Crippen MR) is 59.9 cm³/mol. The lowest BCUT2D eigenvalue weighted by molar-refractivity contribution is -0.351. The number of aryl methyl sites for hydroxylation is 1. The Bertz CT molecular complexity index is 433. The van der Waals surface area contributed by atoms with Gasteiger partial charge in [0.25, 0.3) is 0 Å². The largest absolute Gasteiger partial charge is 1.00 e. The Morgan fingerprint density at radius 2 is 1.87 bits per heavy atom. The SMILES string of the molecule is CC1=CC(C)=[NH+]c2ccc(C)cc2N1.[Cl-]. The third-order valence-corrected chi connectivity index (χ3v) is 2.27. The molecule has 15 heavy (non-hydrogen) atoms. The van der Waals surface area contributed by atoms with Crippen molar-refractivity contribution in [2.75, 3.05) is 5.32 Å². The highest BCUT2D eigenvalue weighted by Crippen LogP contribution is 2.20. The smallest absolute Gasteiger partial charge is 0.227 e. The molecule has 2 nitrogen and oxygen atoms in total. The number of anilines is 1. The topological polar surface area (TPSA) is 26.0 Å². The molecular weight excluding hydrogens is 208 g/mol. The summed E-state index contributed by atoms with van der Waals surface area (Å²) >= 11 is 0. The molecule has 1 aromatic rings. The van der Waals surface area contributed by atoms with Gasteiger partial charge in [-0.3, -0.25) is 0 Å². The van der Waals surface area contributed by atoms with E-state index >= 15 is 0 Å². The van der Waals surface area contributed by atoms with Gasteiger partial charge in [0, 0.05) is 24.8 Å². The second kappa shape index (κ2) is 4.49. The fourth-order valence-corrected chi connectivity index (χ4v) is 1.69. The molecule has 0 unspecified atom stereocenters. The molecule has 0 fully saturated rings. The van der Waals surface area contributed by atoms with Crippen LogP contribution in [0.5, 0.6) is 0 Å². The zero-order valence-corrected chi connectivity index (χ0v) is 9.94. The van der Waals surface area contributed by atoms with E-state index in [1.54, 1.807) is 0 Å². The second-order valence-corrected chi connectivity index (χ2v) is 3.81. The fourth-order valence-electron chi connectivity index (χ4n) is 1.69. The van der Waals surface area contributed by atoms with Crippen LogP contribution in [0.25, 0.3) is 0 Å². The zero-order chi connectivity index (χ0) is 10.1. The van der Waals surface area contributed by atoms with Crippen molar-refractivity contribution in [3.63, 3.8) is 0 Å². The number of halogens is 1. The average Bonchev–Trinajstić information content (AvgIpc) is 2.21. The monoisotopic (exact) mass is 222 g/mol. The molecule has 80 valence electrons. The summed E-state index contributed by atoms with van der Waals surface area (Å²) in [5, 5.41) is 3.37. The van der Waals surface area contributed by atoms with Gasteiger partial charge in [-0.05, 0) is 25.5 Å². The predicted octanol–water partition coefficient (Wildman–Crippen LogP) is -1.50. The summed E-state index contributed by atoms with van der Waals surface area (Å²) < 4.78 is 0. The normalized spacial score (nSPS) is 13.8. The number of benzene rings is 1. The Kier molecular flexibility index (Phi) is 3.53. The maximum atomic E-state index is 3.37. The zero-order valence-electron chi connectivity index (χ0n) is 9.19. The van der Waals surface area contributed by atoms with Gasteiger partial charge in [-0.1, -0.05) is 6.07 Å². The summed E-state index contributed by atoms with van der Waals surface area (Å²) in [5.41, 5.74) is 5.89. The molecule has 1 aliphatic heterocycles. The van der Waals surface area contributed by atoms with Crippen molar-refractivity contribution < 1.29 is 17.4 Å². The molecule has 0 aromatic heterocycles. The Labute approximate surface area is 96.5 Å². The molecule has 1 heterocycles. The molecule has 2 rings (SSSR count). The van der Waals surface area contributed by atoms with Crippen molar-refractivity contribution in [3.8, 4) is 0 Å². The van der Waals surface area contributed by atoms with Crippen LogP contribution in [0.4, 0.5) is 11.4 Å². The molecule has 1 aromatic carbocycles. The lowest BCUT2D eigenvalue weighted by Gasteiger charge is -2.04. The highest BCUT2D eigenvalue weighted by atomic mass is 35.5. The van der Waals surface area contributed by atoms with Crippen molar-refractivity contribution in [2.24, 2.45) is 0 Å². The van der Waals surface area contributed by atoms with Crippen molar-refractivity contribution in [3.05, 3.63) is 35.5 Å². The Morgan fingerprint density at radius 1 is 1.13 bits per heavy atom. The van der Waals surface area contributed by atoms with E-state index in [1.807, 2.05) is 0 Å². The number of fused-ring (bicyclic) bond motifs is 1. The minimum absolute atomic E-state index is 0. The van der Waals surface area contributed by atoms with Crippen LogP contribution in [0.1, 0.15) is 19.4 Å². The summed E-state index contributed by atoms with van der Waals surface area (Å²) in [6.07, 6.45) is 2.11. The minimum Gasteiger partial charge on any atom is -1.00 e. The molecule has 0 spiro atoms. The van der Waals surface area contributed by atoms with Crippen molar-refractivity contribution >= 4 is 17.1 Å². The third-order valence-electron chi connectivity index (χ3n) is 2.27. The van der Waals surface area contributed by atoms with Gasteiger partial charge in [-0.15, -0.1) is 0 Å². The second-order valence-electron chi connectivity index (χ2n) is 3.81. The van der Waals surface area contributed by atoms with Crippen LogP contribution < -0.4 is 22.7 Å². The van der Waals surface area contributed by atoms with E-state index < -0.39 is 0 Å². The van der Waals surface area contributed by atoms with Crippen molar-refractivity contribution in [2.45, 2.75) is 20.8 Å². The molecule has 2 N–H and O–H groups in total. The number of nitrogens with one attached hydrogen (secondary N) is 2. The number of rotatable bonds is 0. The quantitative estimate of drug-likeness (QED) is 0.549. The first kappa shape index (κ1) is 11.8. The Hall–Kier alpha value is -1.28. The van der Waals surface area contributed by atoms with Crippen LogP contribution in [-0.4, -0.2) is 5.71 Å². The Morgan fingerprint density at radius 3 is 2.60 bits per heavy atom. The molecule has 0 aliphatic carbocycles. The third kappa shape index (κ3) is 2.60. The number of allylic oxidation sites excluding steroid dienone is 2. The lowest BCUT2D eigenvalue weighted by atomic mass is 10.2. The van der Waals surface area contributed by atoms with Crippen LogP contribution in [0.15, 0.2) is 30.0 Å². The fraction of sp³-hybridized carbons (Fsp3) is 0.250. The van der Waals surface area contributed by atoms with Gasteiger partial charge >= 0.3 is 0 Å². The van der Waals surface area contributed by atoms with Gasteiger partial charge in [0.1, 0.15) is 5.69 Å². The van der Waals surface area contributed by atoms with Crippen molar-refractivity contribution in [1.82, 2.24) is 0 Å². The summed E-state index contributed by atoms with van der Waals surface area (Å²) in [7, 11) is 0. The first-order chi connectivity index (χ1) is 6.65. The van der Waals surface area contributed by atoms with E-state index in [-0.39, 0.29) is 12.4 Å². The highest BCUT2D eigenvalue weighted by molar-refractivity contribution is 5.91. The van der Waals surface area contributed by atoms with E-state index in [1.165, 1.54) is 11.3 Å². The van der Waals surface area contributed by atoms with Gasteiger partial charge in [-0.2, -0.15) is 0 Å². The van der Waals surface area contributed by atoms with Crippen LogP contribution in [0.3, 0.4) is 0 Å². The molecule has 0 atom stereocenters. The molecule has 0 radical (unpaired) electrons. The van der Waals surface area contributed by atoms with E-state index in [0.717, 1.165) is 17.1 Å². The van der Waals surface area contributed by atoms with Crippen LogP contribution >= 0.6 is 0 Å². The minimum atomic E-state index is 0. The van der Waals surface area contributed by atoms with Crippen LogP contribution in [0, 0.1) is 6.92 Å². The molecular formula is C12H15ClN2. The summed E-state index contributed by atoms with van der Waals surface area (Å²) in [5.74, 6) is 0. The van der Waals surface area contributed by atoms with Crippen LogP contribution in [0.2, 0.25) is 0 Å². The van der Waals surface area contributed by atoms with Gasteiger partial charge in [0.05, 0.1) is 0 Å². The molecule has 0 saturated carbocycles. The lowest BCUT2D eigenvalue weighted by Crippen LogP contribution is -3.00. The first-order valence-corrected chi connectivity index (χ1v) is 4.82. The molecule has 1 aliphatic rings. The van der Waals surface area contributed by atoms with E-state index in [2.05, 4.69) is 55.4 Å². The maximum absolute atomic E-state index is 3.37. The van der Waals surface area contributed by atoms with Gasteiger partial charge in [0.15, 0.2) is 5.71 Å². The first-order valence-electron chi connectivity index (χ1n) is 4.82.